The Bertz CT molecular complexity index is 426. The van der Waals surface area contributed by atoms with E-state index in [1.54, 1.807) is 12.3 Å². The number of aromatic amines is 1. The van der Waals surface area contributed by atoms with Crippen LogP contribution in [0.15, 0.2) is 12.3 Å². The van der Waals surface area contributed by atoms with Crippen LogP contribution in [0.1, 0.15) is 23.3 Å². The van der Waals surface area contributed by atoms with Gasteiger partial charge in [-0.25, -0.2) is 0 Å². The van der Waals surface area contributed by atoms with Crippen molar-refractivity contribution in [1.29, 1.82) is 0 Å². The molecule has 0 bridgehead atoms. The summed E-state index contributed by atoms with van der Waals surface area (Å²) in [5.41, 5.74) is 11.6. The molecule has 0 aromatic carbocycles. The molecular weight excluding hydrogens is 208 g/mol. The summed E-state index contributed by atoms with van der Waals surface area (Å²) >= 11 is 0. The van der Waals surface area contributed by atoms with Gasteiger partial charge in [-0.15, -0.1) is 0 Å². The average molecular weight is 222 g/mol. The third kappa shape index (κ3) is 1.73. The number of carbonyl (C=O) groups is 2. The molecule has 0 radical (unpaired) electrons. The minimum absolute atomic E-state index is 0.224. The van der Waals surface area contributed by atoms with Crippen molar-refractivity contribution in [3.63, 3.8) is 0 Å². The number of aromatic nitrogens is 1. The molecule has 2 heterocycles. The van der Waals surface area contributed by atoms with E-state index >= 15 is 0 Å². The molecule has 1 fully saturated rings. The van der Waals surface area contributed by atoms with Crippen LogP contribution in [-0.2, 0) is 4.79 Å². The number of hydrogen-bond donors (Lipinski definition) is 3. The second-order valence-corrected chi connectivity index (χ2v) is 3.91. The SMILES string of the molecule is NC(=O)C1CCCN1C(=O)c1cc(N)c[nH]1. The molecule has 16 heavy (non-hydrogen) atoms. The number of carbonyl (C=O) groups excluding carboxylic acids is 2. The number of rotatable bonds is 2. The first-order valence-electron chi connectivity index (χ1n) is 5.14. The van der Waals surface area contributed by atoms with E-state index in [-0.39, 0.29) is 5.91 Å². The maximum Gasteiger partial charge on any atom is 0.271 e. The van der Waals surface area contributed by atoms with E-state index in [0.29, 0.717) is 24.3 Å². The molecule has 0 aliphatic carbocycles. The number of likely N-dealkylation sites (tertiary alicyclic amines) is 1. The Kier molecular flexibility index (Phi) is 2.55. The van der Waals surface area contributed by atoms with Gasteiger partial charge in [-0.3, -0.25) is 9.59 Å². The highest BCUT2D eigenvalue weighted by atomic mass is 16.2. The molecule has 1 aromatic heterocycles. The molecule has 1 saturated heterocycles. The molecule has 2 rings (SSSR count). The lowest BCUT2D eigenvalue weighted by Gasteiger charge is -2.21. The van der Waals surface area contributed by atoms with Gasteiger partial charge in [-0.05, 0) is 18.9 Å². The van der Waals surface area contributed by atoms with Gasteiger partial charge in [0.1, 0.15) is 11.7 Å². The van der Waals surface area contributed by atoms with Crippen molar-refractivity contribution in [3.05, 3.63) is 18.0 Å². The van der Waals surface area contributed by atoms with Crippen molar-refractivity contribution in [2.45, 2.75) is 18.9 Å². The van der Waals surface area contributed by atoms with Crippen molar-refractivity contribution in [2.75, 3.05) is 12.3 Å². The van der Waals surface area contributed by atoms with Crippen LogP contribution >= 0.6 is 0 Å². The van der Waals surface area contributed by atoms with E-state index in [9.17, 15) is 9.59 Å². The van der Waals surface area contributed by atoms with Crippen molar-refractivity contribution >= 4 is 17.5 Å². The highest BCUT2D eigenvalue weighted by Gasteiger charge is 2.33. The van der Waals surface area contributed by atoms with E-state index in [0.717, 1.165) is 6.42 Å². The van der Waals surface area contributed by atoms with E-state index in [4.69, 9.17) is 11.5 Å². The van der Waals surface area contributed by atoms with Gasteiger partial charge in [0, 0.05) is 18.4 Å². The molecule has 1 atom stereocenters. The molecule has 5 N–H and O–H groups in total. The van der Waals surface area contributed by atoms with Gasteiger partial charge in [0.15, 0.2) is 0 Å². The van der Waals surface area contributed by atoms with Crippen molar-refractivity contribution in [2.24, 2.45) is 5.73 Å². The zero-order valence-electron chi connectivity index (χ0n) is 8.77. The lowest BCUT2D eigenvalue weighted by atomic mass is 10.2. The fraction of sp³-hybridized carbons (Fsp3) is 0.400. The van der Waals surface area contributed by atoms with Crippen LogP contribution in [0.4, 0.5) is 5.69 Å². The second kappa shape index (κ2) is 3.88. The largest absolute Gasteiger partial charge is 0.397 e. The van der Waals surface area contributed by atoms with Gasteiger partial charge in [0.2, 0.25) is 5.91 Å². The Morgan fingerprint density at radius 1 is 1.50 bits per heavy atom. The number of nitrogens with one attached hydrogen (secondary N) is 1. The molecule has 0 spiro atoms. The number of anilines is 1. The Morgan fingerprint density at radius 2 is 2.25 bits per heavy atom. The van der Waals surface area contributed by atoms with Crippen LogP contribution in [0.5, 0.6) is 0 Å². The first kappa shape index (κ1) is 10.5. The average Bonchev–Trinajstić information content (AvgIpc) is 2.84. The van der Waals surface area contributed by atoms with E-state index in [1.807, 2.05) is 0 Å². The Morgan fingerprint density at radius 3 is 2.81 bits per heavy atom. The molecule has 2 amide bonds. The third-order valence-corrected chi connectivity index (χ3v) is 2.78. The standard InChI is InChI=1S/C10H14N4O2/c11-6-4-7(13-5-6)10(16)14-3-1-2-8(14)9(12)15/h4-5,8,13H,1-3,11H2,(H2,12,15). The number of amides is 2. The highest BCUT2D eigenvalue weighted by molar-refractivity contribution is 5.97. The fourth-order valence-corrected chi connectivity index (χ4v) is 1.99. The first-order chi connectivity index (χ1) is 7.59. The summed E-state index contributed by atoms with van der Waals surface area (Å²) in [4.78, 5) is 27.4. The lowest BCUT2D eigenvalue weighted by molar-refractivity contribution is -0.121. The molecular formula is C10H14N4O2. The zero-order valence-corrected chi connectivity index (χ0v) is 8.77. The number of nitrogens with two attached hydrogens (primary N) is 2. The highest BCUT2D eigenvalue weighted by Crippen LogP contribution is 2.20. The summed E-state index contributed by atoms with van der Waals surface area (Å²) in [6.45, 7) is 0.561. The number of primary amides is 1. The van der Waals surface area contributed by atoms with Gasteiger partial charge < -0.3 is 21.4 Å². The minimum Gasteiger partial charge on any atom is -0.397 e. The van der Waals surface area contributed by atoms with Gasteiger partial charge in [-0.1, -0.05) is 0 Å². The number of H-pyrrole nitrogens is 1. The third-order valence-electron chi connectivity index (χ3n) is 2.78. The molecule has 1 aliphatic heterocycles. The molecule has 1 unspecified atom stereocenters. The van der Waals surface area contributed by atoms with Crippen LogP contribution in [0.25, 0.3) is 0 Å². The quantitative estimate of drug-likeness (QED) is 0.638. The lowest BCUT2D eigenvalue weighted by Crippen LogP contribution is -2.43. The van der Waals surface area contributed by atoms with Crippen molar-refractivity contribution < 1.29 is 9.59 Å². The van der Waals surface area contributed by atoms with Gasteiger partial charge in [0.25, 0.3) is 5.91 Å². The second-order valence-electron chi connectivity index (χ2n) is 3.91. The van der Waals surface area contributed by atoms with Crippen LogP contribution in [0, 0.1) is 0 Å². The molecule has 0 saturated carbocycles. The Balaban J connectivity index is 2.18. The predicted molar refractivity (Wildman–Crippen MR) is 58.5 cm³/mol. The maximum atomic E-state index is 12.0. The smallest absolute Gasteiger partial charge is 0.271 e. The van der Waals surface area contributed by atoms with Gasteiger partial charge in [0.05, 0.1) is 0 Å². The number of hydrogen-bond acceptors (Lipinski definition) is 3. The molecule has 1 aromatic rings. The molecule has 6 nitrogen and oxygen atoms in total. The summed E-state index contributed by atoms with van der Waals surface area (Å²) in [5.74, 6) is -0.677. The van der Waals surface area contributed by atoms with Crippen molar-refractivity contribution in [1.82, 2.24) is 9.88 Å². The maximum absolute atomic E-state index is 12.0. The first-order valence-corrected chi connectivity index (χ1v) is 5.14. The number of nitrogen functional groups attached to an aromatic ring is 1. The van der Waals surface area contributed by atoms with Crippen LogP contribution in [0.3, 0.4) is 0 Å². The normalized spacial score (nSPS) is 20.0. The zero-order chi connectivity index (χ0) is 11.7. The minimum atomic E-state index is -0.489. The summed E-state index contributed by atoms with van der Waals surface area (Å²) in [6.07, 6.45) is 2.98. The van der Waals surface area contributed by atoms with E-state index < -0.39 is 11.9 Å². The summed E-state index contributed by atoms with van der Waals surface area (Å²) < 4.78 is 0. The Labute approximate surface area is 92.6 Å². The van der Waals surface area contributed by atoms with E-state index in [2.05, 4.69) is 4.98 Å². The van der Waals surface area contributed by atoms with Gasteiger partial charge in [-0.2, -0.15) is 0 Å². The Hall–Kier alpha value is -1.98. The summed E-state index contributed by atoms with van der Waals surface area (Å²) in [7, 11) is 0. The molecule has 6 heteroatoms. The van der Waals surface area contributed by atoms with Crippen LogP contribution < -0.4 is 11.5 Å². The molecule has 86 valence electrons. The topological polar surface area (TPSA) is 105 Å². The number of nitrogens with zero attached hydrogens (tertiary/aromatic N) is 1. The monoisotopic (exact) mass is 222 g/mol. The molecule has 1 aliphatic rings. The van der Waals surface area contributed by atoms with E-state index in [1.165, 1.54) is 4.90 Å². The van der Waals surface area contributed by atoms with Crippen LogP contribution in [0.2, 0.25) is 0 Å². The summed E-state index contributed by atoms with van der Waals surface area (Å²) in [6, 6.07) is 1.07. The fourth-order valence-electron chi connectivity index (χ4n) is 1.99. The summed E-state index contributed by atoms with van der Waals surface area (Å²) in [5, 5.41) is 0. The van der Waals surface area contributed by atoms with Crippen molar-refractivity contribution in [3.8, 4) is 0 Å². The van der Waals surface area contributed by atoms with Crippen LogP contribution in [-0.4, -0.2) is 34.3 Å². The van der Waals surface area contributed by atoms with Gasteiger partial charge >= 0.3 is 0 Å². The predicted octanol–water partition coefficient (Wildman–Crippen LogP) is -0.313.